The molecule has 2 aliphatic heterocycles. The van der Waals surface area contributed by atoms with Gasteiger partial charge in [-0.2, -0.15) is 0 Å². The average Bonchev–Trinajstić information content (AvgIpc) is 3.13. The van der Waals surface area contributed by atoms with E-state index < -0.39 is 0 Å². The molecule has 3 heterocycles. The third kappa shape index (κ3) is 2.59. The van der Waals surface area contributed by atoms with Crippen LogP contribution in [0.3, 0.4) is 0 Å². The van der Waals surface area contributed by atoms with Gasteiger partial charge in [-0.3, -0.25) is 9.80 Å². The molecular formula is C17H23N3O. The largest absolute Gasteiger partial charge is 0.459 e. The molecule has 2 N–H and O–H groups in total. The van der Waals surface area contributed by atoms with Crippen LogP contribution in [0.5, 0.6) is 0 Å². The molecule has 4 heteroatoms. The second-order valence-electron chi connectivity index (χ2n) is 6.38. The molecule has 2 fully saturated rings. The van der Waals surface area contributed by atoms with Crippen molar-refractivity contribution in [2.24, 2.45) is 5.73 Å². The molecule has 112 valence electrons. The van der Waals surface area contributed by atoms with E-state index in [1.54, 1.807) is 0 Å². The minimum atomic E-state index is -0.0367. The Morgan fingerprint density at radius 2 is 2.14 bits per heavy atom. The normalized spacial score (nSPS) is 25.3. The van der Waals surface area contributed by atoms with Gasteiger partial charge in [-0.05, 0) is 31.5 Å². The first kappa shape index (κ1) is 13.3. The fourth-order valence-electron chi connectivity index (χ4n) is 3.77. The molecule has 2 saturated heterocycles. The summed E-state index contributed by atoms with van der Waals surface area (Å²) >= 11 is 0. The molecule has 2 aromatic rings. The van der Waals surface area contributed by atoms with Crippen LogP contribution in [-0.4, -0.2) is 48.6 Å². The van der Waals surface area contributed by atoms with Gasteiger partial charge in [0.2, 0.25) is 0 Å². The molecule has 2 atom stereocenters. The molecule has 0 saturated carbocycles. The second kappa shape index (κ2) is 5.44. The van der Waals surface area contributed by atoms with Gasteiger partial charge >= 0.3 is 0 Å². The van der Waals surface area contributed by atoms with E-state index in [0.29, 0.717) is 0 Å². The van der Waals surface area contributed by atoms with Gasteiger partial charge in [0.25, 0.3) is 0 Å². The number of hydrogen-bond acceptors (Lipinski definition) is 4. The fraction of sp³-hybridized carbons (Fsp3) is 0.529. The van der Waals surface area contributed by atoms with Gasteiger partial charge in [-0.15, -0.1) is 0 Å². The zero-order chi connectivity index (χ0) is 14.2. The van der Waals surface area contributed by atoms with Gasteiger partial charge in [0.05, 0.1) is 6.04 Å². The van der Waals surface area contributed by atoms with Gasteiger partial charge in [-0.25, -0.2) is 0 Å². The van der Waals surface area contributed by atoms with Crippen LogP contribution in [0.1, 0.15) is 24.6 Å². The van der Waals surface area contributed by atoms with E-state index in [9.17, 15) is 0 Å². The van der Waals surface area contributed by atoms with Crippen LogP contribution < -0.4 is 5.73 Å². The molecule has 0 aliphatic carbocycles. The highest BCUT2D eigenvalue weighted by Gasteiger charge is 2.31. The van der Waals surface area contributed by atoms with Crippen LogP contribution in [0.2, 0.25) is 0 Å². The van der Waals surface area contributed by atoms with Crippen molar-refractivity contribution >= 4 is 11.0 Å². The predicted octanol–water partition coefficient (Wildman–Crippen LogP) is 2.21. The zero-order valence-corrected chi connectivity index (χ0v) is 12.4. The standard InChI is InChI=1S/C17H23N3O/c18-15(17-10-13-4-1-2-6-16(13)21-17)12-19-8-9-20-7-3-5-14(20)11-19/h1-2,4,6,10,14-15H,3,5,7-9,11-12,18H2. The number of nitrogens with two attached hydrogens (primary N) is 1. The SMILES string of the molecule is NC(CN1CCN2CCCC2C1)c1cc2ccccc2o1. The van der Waals surface area contributed by atoms with Gasteiger partial charge in [0, 0.05) is 37.6 Å². The first-order valence-electron chi connectivity index (χ1n) is 8.00. The Balaban J connectivity index is 1.44. The summed E-state index contributed by atoms with van der Waals surface area (Å²) in [5.41, 5.74) is 7.31. The van der Waals surface area contributed by atoms with E-state index in [1.807, 2.05) is 18.2 Å². The highest BCUT2D eigenvalue weighted by Crippen LogP contribution is 2.25. The van der Waals surface area contributed by atoms with E-state index in [4.69, 9.17) is 10.2 Å². The van der Waals surface area contributed by atoms with Crippen molar-refractivity contribution in [3.05, 3.63) is 36.1 Å². The van der Waals surface area contributed by atoms with Crippen LogP contribution >= 0.6 is 0 Å². The smallest absolute Gasteiger partial charge is 0.134 e. The molecule has 0 radical (unpaired) electrons. The maximum atomic E-state index is 6.38. The highest BCUT2D eigenvalue weighted by molar-refractivity contribution is 5.77. The van der Waals surface area contributed by atoms with Crippen LogP contribution in [0.25, 0.3) is 11.0 Å². The lowest BCUT2D eigenvalue weighted by Crippen LogP contribution is -2.51. The first-order chi connectivity index (χ1) is 10.3. The molecule has 0 bridgehead atoms. The molecule has 0 amide bonds. The van der Waals surface area contributed by atoms with Gasteiger partial charge < -0.3 is 10.2 Å². The van der Waals surface area contributed by atoms with E-state index in [-0.39, 0.29) is 6.04 Å². The lowest BCUT2D eigenvalue weighted by Gasteiger charge is -2.38. The number of fused-ring (bicyclic) bond motifs is 2. The summed E-state index contributed by atoms with van der Waals surface area (Å²) in [6, 6.07) is 10.9. The van der Waals surface area contributed by atoms with Gasteiger partial charge in [0.1, 0.15) is 11.3 Å². The summed E-state index contributed by atoms with van der Waals surface area (Å²) in [6.45, 7) is 5.66. The zero-order valence-electron chi connectivity index (χ0n) is 12.4. The van der Waals surface area contributed by atoms with E-state index in [0.717, 1.165) is 42.4 Å². The highest BCUT2D eigenvalue weighted by atomic mass is 16.3. The summed E-state index contributed by atoms with van der Waals surface area (Å²) in [5.74, 6) is 0.907. The van der Waals surface area contributed by atoms with Crippen molar-refractivity contribution in [3.8, 4) is 0 Å². The Labute approximate surface area is 125 Å². The fourth-order valence-corrected chi connectivity index (χ4v) is 3.77. The van der Waals surface area contributed by atoms with Crippen molar-refractivity contribution in [3.63, 3.8) is 0 Å². The summed E-state index contributed by atoms with van der Waals surface area (Å²) in [7, 11) is 0. The van der Waals surface area contributed by atoms with E-state index >= 15 is 0 Å². The van der Waals surface area contributed by atoms with Crippen LogP contribution in [0, 0.1) is 0 Å². The maximum Gasteiger partial charge on any atom is 0.134 e. The van der Waals surface area contributed by atoms with Crippen LogP contribution in [-0.2, 0) is 0 Å². The van der Waals surface area contributed by atoms with Gasteiger partial charge in [0.15, 0.2) is 0 Å². The van der Waals surface area contributed by atoms with Gasteiger partial charge in [-0.1, -0.05) is 18.2 Å². The molecule has 4 rings (SSSR count). The monoisotopic (exact) mass is 285 g/mol. The molecule has 21 heavy (non-hydrogen) atoms. The minimum absolute atomic E-state index is 0.0367. The maximum absolute atomic E-state index is 6.38. The lowest BCUT2D eigenvalue weighted by atomic mass is 10.1. The van der Waals surface area contributed by atoms with Crippen molar-refractivity contribution in [1.29, 1.82) is 0 Å². The number of nitrogens with zero attached hydrogens (tertiary/aromatic N) is 2. The summed E-state index contributed by atoms with van der Waals surface area (Å²) in [4.78, 5) is 5.13. The summed E-state index contributed by atoms with van der Waals surface area (Å²) in [5, 5.41) is 1.14. The third-order valence-corrected chi connectivity index (χ3v) is 4.94. The number of para-hydroxylation sites is 1. The van der Waals surface area contributed by atoms with E-state index in [1.165, 1.54) is 25.9 Å². The number of benzene rings is 1. The molecule has 1 aromatic heterocycles. The molecule has 0 spiro atoms. The number of piperazine rings is 1. The number of rotatable bonds is 3. The molecule has 1 aromatic carbocycles. The second-order valence-corrected chi connectivity index (χ2v) is 6.38. The average molecular weight is 285 g/mol. The topological polar surface area (TPSA) is 45.6 Å². The quantitative estimate of drug-likeness (QED) is 0.939. The van der Waals surface area contributed by atoms with Crippen molar-refractivity contribution in [2.45, 2.75) is 24.9 Å². The molecule has 2 aliphatic rings. The lowest BCUT2D eigenvalue weighted by molar-refractivity contribution is 0.0981. The Morgan fingerprint density at radius 3 is 3.05 bits per heavy atom. The molecular weight excluding hydrogens is 262 g/mol. The minimum Gasteiger partial charge on any atom is -0.459 e. The molecule has 4 nitrogen and oxygen atoms in total. The number of furan rings is 1. The van der Waals surface area contributed by atoms with Crippen LogP contribution in [0.15, 0.2) is 34.7 Å². The Morgan fingerprint density at radius 1 is 1.24 bits per heavy atom. The Hall–Kier alpha value is -1.36. The van der Waals surface area contributed by atoms with Crippen molar-refractivity contribution in [2.75, 3.05) is 32.7 Å². The Bertz CT molecular complexity index is 590. The van der Waals surface area contributed by atoms with Crippen molar-refractivity contribution < 1.29 is 4.42 Å². The van der Waals surface area contributed by atoms with Crippen molar-refractivity contribution in [1.82, 2.24) is 9.80 Å². The van der Waals surface area contributed by atoms with E-state index in [2.05, 4.69) is 21.9 Å². The molecule has 2 unspecified atom stereocenters. The summed E-state index contributed by atoms with van der Waals surface area (Å²) < 4.78 is 5.90. The Kier molecular flexibility index (Phi) is 3.45. The third-order valence-electron chi connectivity index (χ3n) is 4.94. The predicted molar refractivity (Wildman–Crippen MR) is 84.2 cm³/mol. The first-order valence-corrected chi connectivity index (χ1v) is 8.00. The van der Waals surface area contributed by atoms with Crippen LogP contribution in [0.4, 0.5) is 0 Å². The summed E-state index contributed by atoms with van der Waals surface area (Å²) in [6.07, 6.45) is 2.70. The number of hydrogen-bond donors (Lipinski definition) is 1.